The number of rotatable bonds is 4. The predicted octanol–water partition coefficient (Wildman–Crippen LogP) is 4.57. The fourth-order valence-electron chi connectivity index (χ4n) is 4.30. The largest absolute Gasteiger partial charge is 0.361 e. The molecule has 2 heterocycles. The van der Waals surface area contributed by atoms with Gasteiger partial charge in [-0.2, -0.15) is 0 Å². The summed E-state index contributed by atoms with van der Waals surface area (Å²) in [5.74, 6) is -0.850. The summed E-state index contributed by atoms with van der Waals surface area (Å²) in [4.78, 5) is 29.2. The number of aromatic amines is 1. The molecule has 0 atom stereocenters. The van der Waals surface area contributed by atoms with E-state index in [1.54, 1.807) is 12.3 Å². The second-order valence-electron chi connectivity index (χ2n) is 7.79. The van der Waals surface area contributed by atoms with Gasteiger partial charge in [0.15, 0.2) is 0 Å². The minimum Gasteiger partial charge on any atom is -0.361 e. The quantitative estimate of drug-likeness (QED) is 0.416. The Bertz CT molecular complexity index is 1430. The van der Waals surface area contributed by atoms with Crippen molar-refractivity contribution in [3.8, 4) is 0 Å². The van der Waals surface area contributed by atoms with Gasteiger partial charge >= 0.3 is 0 Å². The van der Waals surface area contributed by atoms with Crippen LogP contribution in [-0.2, 0) is 16.1 Å². The van der Waals surface area contributed by atoms with Gasteiger partial charge in [0.05, 0.1) is 11.1 Å². The molecule has 0 spiro atoms. The van der Waals surface area contributed by atoms with Crippen molar-refractivity contribution in [2.45, 2.75) is 13.5 Å². The number of H-pyrrole nitrogens is 1. The summed E-state index contributed by atoms with van der Waals surface area (Å²) in [6, 6.07) is 15.7. The molecule has 0 saturated carbocycles. The molecule has 6 heteroatoms. The molecule has 0 unspecified atom stereocenters. The van der Waals surface area contributed by atoms with Crippen molar-refractivity contribution in [2.75, 3.05) is 7.05 Å². The van der Waals surface area contributed by atoms with Crippen molar-refractivity contribution in [2.24, 2.45) is 0 Å². The summed E-state index contributed by atoms with van der Waals surface area (Å²) in [7, 11) is 1.88. The molecule has 3 aromatic carbocycles. The number of aryl methyl sites for hydroxylation is 1. The van der Waals surface area contributed by atoms with E-state index in [2.05, 4.69) is 15.6 Å². The maximum Gasteiger partial charge on any atom is 0.259 e. The Morgan fingerprint density at radius 3 is 2.52 bits per heavy atom. The van der Waals surface area contributed by atoms with Crippen LogP contribution in [0.5, 0.6) is 0 Å². The van der Waals surface area contributed by atoms with Crippen LogP contribution in [0.3, 0.4) is 0 Å². The van der Waals surface area contributed by atoms with E-state index < -0.39 is 11.8 Å². The number of carbonyl (C=O) groups is 2. The fraction of sp³-hybridized carbons (Fsp3) is 0.120. The first-order valence-corrected chi connectivity index (χ1v) is 10.4. The third-order valence-electron chi connectivity index (χ3n) is 5.70. The Morgan fingerprint density at radius 1 is 0.935 bits per heavy atom. The van der Waals surface area contributed by atoms with Crippen LogP contribution >= 0.6 is 11.6 Å². The van der Waals surface area contributed by atoms with Crippen LogP contribution in [0.4, 0.5) is 0 Å². The number of carbonyl (C=O) groups excluding carboxylic acids is 2. The van der Waals surface area contributed by atoms with Crippen LogP contribution in [0, 0.1) is 6.92 Å². The van der Waals surface area contributed by atoms with Gasteiger partial charge in [-0.3, -0.25) is 14.9 Å². The number of fused-ring (bicyclic) bond motifs is 2. The Kier molecular flexibility index (Phi) is 4.65. The van der Waals surface area contributed by atoms with Crippen molar-refractivity contribution < 1.29 is 9.59 Å². The number of hydrogen-bond acceptors (Lipinski definition) is 3. The molecule has 0 bridgehead atoms. The van der Waals surface area contributed by atoms with E-state index in [1.807, 2.05) is 56.4 Å². The third kappa shape index (κ3) is 3.14. The average Bonchev–Trinajstić information content (AvgIpc) is 3.27. The number of aromatic nitrogens is 1. The second-order valence-corrected chi connectivity index (χ2v) is 8.20. The molecule has 0 fully saturated rings. The van der Waals surface area contributed by atoms with Crippen molar-refractivity contribution in [3.63, 3.8) is 0 Å². The van der Waals surface area contributed by atoms with Gasteiger partial charge in [0.2, 0.25) is 0 Å². The van der Waals surface area contributed by atoms with Crippen LogP contribution in [-0.4, -0.2) is 23.8 Å². The number of benzene rings is 3. The zero-order valence-electron chi connectivity index (χ0n) is 17.1. The molecule has 1 aliphatic rings. The van der Waals surface area contributed by atoms with Crippen molar-refractivity contribution in [3.05, 3.63) is 82.0 Å². The van der Waals surface area contributed by atoms with E-state index in [0.29, 0.717) is 33.8 Å². The number of imide groups is 1. The minimum absolute atomic E-state index is 0.310. The standard InChI is InChI=1S/C25H20ClN3O2/c1-13-3-8-20-17(9-13)18(12-28-20)22-23(25(31)29-24(22)30)21-16-10-14(11-27-2)4-5-15(16)6-7-19(21)26/h3-10,12,27-28H,11H2,1-2H3,(H,29,30,31). The molecule has 0 aliphatic carbocycles. The zero-order chi connectivity index (χ0) is 21.7. The highest BCUT2D eigenvalue weighted by molar-refractivity contribution is 6.52. The van der Waals surface area contributed by atoms with E-state index in [-0.39, 0.29) is 0 Å². The second kappa shape index (κ2) is 7.38. The normalized spacial score (nSPS) is 14.2. The molecule has 5 rings (SSSR count). The van der Waals surface area contributed by atoms with Gasteiger partial charge in [0.1, 0.15) is 0 Å². The highest BCUT2D eigenvalue weighted by Gasteiger charge is 2.35. The molecule has 31 heavy (non-hydrogen) atoms. The lowest BCUT2D eigenvalue weighted by molar-refractivity contribution is -0.122. The fourth-order valence-corrected chi connectivity index (χ4v) is 4.56. The van der Waals surface area contributed by atoms with Gasteiger partial charge in [-0.1, -0.05) is 41.4 Å². The Labute approximate surface area is 184 Å². The lowest BCUT2D eigenvalue weighted by atomic mass is 9.91. The van der Waals surface area contributed by atoms with Crippen LogP contribution in [0.1, 0.15) is 22.3 Å². The lowest BCUT2D eigenvalue weighted by Crippen LogP contribution is -2.22. The molecule has 1 aliphatic heterocycles. The van der Waals surface area contributed by atoms with E-state index in [1.165, 1.54) is 0 Å². The van der Waals surface area contributed by atoms with Crippen LogP contribution in [0.15, 0.2) is 54.7 Å². The SMILES string of the molecule is CNCc1ccc2ccc(Cl)c(C3=C(c4c[nH]c5ccc(C)cc45)C(=O)NC3=O)c2c1. The smallest absolute Gasteiger partial charge is 0.259 e. The molecule has 5 nitrogen and oxygen atoms in total. The van der Waals surface area contributed by atoms with Gasteiger partial charge < -0.3 is 10.3 Å². The first-order valence-electron chi connectivity index (χ1n) is 10.0. The van der Waals surface area contributed by atoms with Crippen molar-refractivity contribution in [1.82, 2.24) is 15.6 Å². The first kappa shape index (κ1) is 19.5. The lowest BCUT2D eigenvalue weighted by Gasteiger charge is -2.12. The summed E-state index contributed by atoms with van der Waals surface area (Å²) in [6.07, 6.45) is 1.78. The summed E-state index contributed by atoms with van der Waals surface area (Å²) in [6.45, 7) is 2.68. The van der Waals surface area contributed by atoms with Gasteiger partial charge in [-0.15, -0.1) is 0 Å². The number of halogens is 1. The van der Waals surface area contributed by atoms with Crippen LogP contribution < -0.4 is 10.6 Å². The molecule has 4 aromatic rings. The summed E-state index contributed by atoms with van der Waals surface area (Å²) in [5, 5.41) is 8.74. The molecular weight excluding hydrogens is 410 g/mol. The predicted molar refractivity (Wildman–Crippen MR) is 125 cm³/mol. The number of hydrogen-bond donors (Lipinski definition) is 3. The molecule has 0 radical (unpaired) electrons. The maximum absolute atomic E-state index is 13.0. The van der Waals surface area contributed by atoms with Gasteiger partial charge in [-0.25, -0.2) is 0 Å². The van der Waals surface area contributed by atoms with Gasteiger partial charge in [0, 0.05) is 39.8 Å². The first-order chi connectivity index (χ1) is 15.0. The van der Waals surface area contributed by atoms with Crippen molar-refractivity contribution >= 4 is 56.2 Å². The highest BCUT2D eigenvalue weighted by Crippen LogP contribution is 2.40. The molecule has 1 aromatic heterocycles. The summed E-state index contributed by atoms with van der Waals surface area (Å²) < 4.78 is 0. The van der Waals surface area contributed by atoms with Gasteiger partial charge in [0.25, 0.3) is 11.8 Å². The molecule has 0 saturated heterocycles. The van der Waals surface area contributed by atoms with E-state index in [0.717, 1.165) is 32.8 Å². The van der Waals surface area contributed by atoms with E-state index in [9.17, 15) is 9.59 Å². The summed E-state index contributed by atoms with van der Waals surface area (Å²) in [5.41, 5.74) is 4.96. The third-order valence-corrected chi connectivity index (χ3v) is 6.02. The summed E-state index contributed by atoms with van der Waals surface area (Å²) >= 11 is 6.65. The molecule has 2 amide bonds. The average molecular weight is 430 g/mol. The number of nitrogens with one attached hydrogen (secondary N) is 3. The Balaban J connectivity index is 1.86. The van der Waals surface area contributed by atoms with Crippen LogP contribution in [0.25, 0.3) is 32.8 Å². The highest BCUT2D eigenvalue weighted by atomic mass is 35.5. The van der Waals surface area contributed by atoms with E-state index in [4.69, 9.17) is 11.6 Å². The topological polar surface area (TPSA) is 74.0 Å². The van der Waals surface area contributed by atoms with Gasteiger partial charge in [-0.05, 0) is 54.6 Å². The number of amides is 2. The maximum atomic E-state index is 13.0. The Morgan fingerprint density at radius 2 is 1.71 bits per heavy atom. The zero-order valence-corrected chi connectivity index (χ0v) is 17.9. The monoisotopic (exact) mass is 429 g/mol. The minimum atomic E-state index is -0.435. The van der Waals surface area contributed by atoms with Crippen LogP contribution in [0.2, 0.25) is 5.02 Å². The molecule has 3 N–H and O–H groups in total. The van der Waals surface area contributed by atoms with E-state index >= 15 is 0 Å². The molecular formula is C25H20ClN3O2. The van der Waals surface area contributed by atoms with Crippen molar-refractivity contribution in [1.29, 1.82) is 0 Å². The Hall–Kier alpha value is -3.41. The molecule has 154 valence electrons.